The van der Waals surface area contributed by atoms with Crippen molar-refractivity contribution in [3.05, 3.63) is 24.3 Å². The van der Waals surface area contributed by atoms with Crippen LogP contribution in [-0.4, -0.2) is 30.1 Å². The number of nitrogens with one attached hydrogen (secondary N) is 1. The minimum Gasteiger partial charge on any atom is -0.397 e. The Hall–Kier alpha value is -1.20. The molecule has 2 rings (SSSR count). The number of ether oxygens (including phenoxy) is 1. The average molecular weight is 238 g/mol. The molecule has 0 unspecified atom stereocenters. The van der Waals surface area contributed by atoms with Gasteiger partial charge in [0.2, 0.25) is 5.91 Å². The van der Waals surface area contributed by atoms with Crippen molar-refractivity contribution < 1.29 is 9.53 Å². The van der Waals surface area contributed by atoms with E-state index in [9.17, 15) is 4.79 Å². The SMILES string of the molecule is Nc1ccccc1NC(=O)CSC1COC1. The van der Waals surface area contributed by atoms with E-state index in [1.807, 2.05) is 12.1 Å². The van der Waals surface area contributed by atoms with Crippen LogP contribution in [0.1, 0.15) is 0 Å². The van der Waals surface area contributed by atoms with Gasteiger partial charge in [0.25, 0.3) is 0 Å². The Balaban J connectivity index is 1.80. The van der Waals surface area contributed by atoms with E-state index < -0.39 is 0 Å². The van der Waals surface area contributed by atoms with Gasteiger partial charge in [-0.1, -0.05) is 12.1 Å². The molecule has 1 amide bonds. The van der Waals surface area contributed by atoms with Crippen molar-refractivity contribution >= 4 is 29.0 Å². The molecule has 3 N–H and O–H groups in total. The molecule has 0 aromatic heterocycles. The monoisotopic (exact) mass is 238 g/mol. The van der Waals surface area contributed by atoms with Crippen LogP contribution in [0.4, 0.5) is 11.4 Å². The fraction of sp³-hybridized carbons (Fsp3) is 0.364. The third-order valence-corrected chi connectivity index (χ3v) is 3.46. The lowest BCUT2D eigenvalue weighted by Crippen LogP contribution is -2.32. The van der Waals surface area contributed by atoms with Crippen molar-refractivity contribution in [2.24, 2.45) is 0 Å². The molecular formula is C11H14N2O2S. The summed E-state index contributed by atoms with van der Waals surface area (Å²) in [6, 6.07) is 7.25. The largest absolute Gasteiger partial charge is 0.397 e. The first-order valence-corrected chi connectivity index (χ1v) is 6.14. The number of carbonyl (C=O) groups excluding carboxylic acids is 1. The molecule has 0 aliphatic carbocycles. The molecule has 0 atom stereocenters. The summed E-state index contributed by atoms with van der Waals surface area (Å²) in [5.41, 5.74) is 6.99. The minimum absolute atomic E-state index is 0.0187. The van der Waals surface area contributed by atoms with Gasteiger partial charge in [0.05, 0.1) is 35.6 Å². The van der Waals surface area contributed by atoms with E-state index in [2.05, 4.69) is 5.32 Å². The second-order valence-corrected chi connectivity index (χ2v) is 4.89. The molecule has 1 saturated heterocycles. The Kier molecular flexibility index (Phi) is 3.69. The van der Waals surface area contributed by atoms with Crippen molar-refractivity contribution in [1.82, 2.24) is 0 Å². The second-order valence-electron chi connectivity index (χ2n) is 3.61. The van der Waals surface area contributed by atoms with Crippen LogP contribution in [0.2, 0.25) is 0 Å². The van der Waals surface area contributed by atoms with E-state index in [4.69, 9.17) is 10.5 Å². The summed E-state index contributed by atoms with van der Waals surface area (Å²) in [6.45, 7) is 1.51. The van der Waals surface area contributed by atoms with E-state index in [1.165, 1.54) is 0 Å². The summed E-state index contributed by atoms with van der Waals surface area (Å²) >= 11 is 1.62. The molecule has 4 nitrogen and oxygen atoms in total. The highest BCUT2D eigenvalue weighted by Crippen LogP contribution is 2.20. The van der Waals surface area contributed by atoms with E-state index >= 15 is 0 Å². The summed E-state index contributed by atoms with van der Waals surface area (Å²) in [4.78, 5) is 11.6. The second kappa shape index (κ2) is 5.23. The third kappa shape index (κ3) is 2.90. The van der Waals surface area contributed by atoms with Crippen molar-refractivity contribution in [1.29, 1.82) is 0 Å². The van der Waals surface area contributed by atoms with Gasteiger partial charge in [-0.2, -0.15) is 0 Å². The molecule has 0 bridgehead atoms. The van der Waals surface area contributed by atoms with Crippen LogP contribution in [0.15, 0.2) is 24.3 Å². The summed E-state index contributed by atoms with van der Waals surface area (Å²) in [5, 5.41) is 3.26. The van der Waals surface area contributed by atoms with Crippen LogP contribution in [0.5, 0.6) is 0 Å². The maximum atomic E-state index is 11.6. The number of hydrogen-bond acceptors (Lipinski definition) is 4. The van der Waals surface area contributed by atoms with Crippen molar-refractivity contribution in [3.8, 4) is 0 Å². The smallest absolute Gasteiger partial charge is 0.234 e. The lowest BCUT2D eigenvalue weighted by atomic mass is 10.3. The predicted octanol–water partition coefficient (Wildman–Crippen LogP) is 1.34. The molecule has 16 heavy (non-hydrogen) atoms. The van der Waals surface area contributed by atoms with Gasteiger partial charge in [-0.15, -0.1) is 11.8 Å². The quantitative estimate of drug-likeness (QED) is 0.777. The van der Waals surface area contributed by atoms with Gasteiger partial charge in [-0.3, -0.25) is 4.79 Å². The number of nitrogens with two attached hydrogens (primary N) is 1. The molecule has 0 radical (unpaired) electrons. The molecule has 86 valence electrons. The Morgan fingerprint density at radius 1 is 1.50 bits per heavy atom. The Labute approximate surface area is 98.5 Å². The number of carbonyl (C=O) groups is 1. The summed E-state index contributed by atoms with van der Waals surface area (Å²) in [6.07, 6.45) is 0. The molecule has 1 fully saturated rings. The van der Waals surface area contributed by atoms with Crippen molar-refractivity contribution in [2.75, 3.05) is 30.0 Å². The van der Waals surface area contributed by atoms with E-state index in [0.29, 0.717) is 22.4 Å². The molecule has 1 heterocycles. The van der Waals surface area contributed by atoms with Gasteiger partial charge >= 0.3 is 0 Å². The Bertz CT molecular complexity index is 380. The van der Waals surface area contributed by atoms with Gasteiger partial charge in [-0.05, 0) is 12.1 Å². The van der Waals surface area contributed by atoms with Crippen molar-refractivity contribution in [3.63, 3.8) is 0 Å². The lowest BCUT2D eigenvalue weighted by Gasteiger charge is -2.24. The zero-order chi connectivity index (χ0) is 11.4. The molecule has 1 aromatic carbocycles. The third-order valence-electron chi connectivity index (χ3n) is 2.29. The molecule has 1 aromatic rings. The highest BCUT2D eigenvalue weighted by Gasteiger charge is 2.19. The maximum absolute atomic E-state index is 11.6. The highest BCUT2D eigenvalue weighted by atomic mass is 32.2. The van der Waals surface area contributed by atoms with Crippen LogP contribution in [0, 0.1) is 0 Å². The first-order valence-electron chi connectivity index (χ1n) is 5.09. The van der Waals surface area contributed by atoms with Gasteiger partial charge in [0.15, 0.2) is 0 Å². The van der Waals surface area contributed by atoms with Crippen LogP contribution in [-0.2, 0) is 9.53 Å². The van der Waals surface area contributed by atoms with Crippen LogP contribution < -0.4 is 11.1 Å². The summed E-state index contributed by atoms with van der Waals surface area (Å²) in [7, 11) is 0. The van der Waals surface area contributed by atoms with Gasteiger partial charge in [0.1, 0.15) is 0 Å². The number of hydrogen-bond donors (Lipinski definition) is 2. The Morgan fingerprint density at radius 2 is 2.25 bits per heavy atom. The predicted molar refractivity (Wildman–Crippen MR) is 66.5 cm³/mol. The fourth-order valence-corrected chi connectivity index (χ4v) is 2.15. The average Bonchev–Trinajstić information content (AvgIpc) is 2.19. The van der Waals surface area contributed by atoms with Gasteiger partial charge in [-0.25, -0.2) is 0 Å². The standard InChI is InChI=1S/C11H14N2O2S/c12-9-3-1-2-4-10(9)13-11(14)7-16-8-5-15-6-8/h1-4,8H,5-7,12H2,(H,13,14). The van der Waals surface area contributed by atoms with E-state index in [-0.39, 0.29) is 5.91 Å². The first-order chi connectivity index (χ1) is 7.75. The minimum atomic E-state index is -0.0187. The highest BCUT2D eigenvalue weighted by molar-refractivity contribution is 8.00. The number of benzene rings is 1. The summed E-state index contributed by atoms with van der Waals surface area (Å²) in [5.74, 6) is 0.428. The molecule has 1 aliphatic heterocycles. The van der Waals surface area contributed by atoms with Crippen LogP contribution >= 0.6 is 11.8 Å². The van der Waals surface area contributed by atoms with E-state index in [0.717, 1.165) is 13.2 Å². The number of para-hydroxylation sites is 2. The number of thioether (sulfide) groups is 1. The zero-order valence-electron chi connectivity index (χ0n) is 8.81. The normalized spacial score (nSPS) is 15.5. The zero-order valence-corrected chi connectivity index (χ0v) is 9.63. The topological polar surface area (TPSA) is 64.3 Å². The number of nitrogen functional groups attached to an aromatic ring is 1. The fourth-order valence-electron chi connectivity index (χ4n) is 1.30. The Morgan fingerprint density at radius 3 is 2.88 bits per heavy atom. The lowest BCUT2D eigenvalue weighted by molar-refractivity contribution is -0.113. The van der Waals surface area contributed by atoms with E-state index in [1.54, 1.807) is 23.9 Å². The van der Waals surface area contributed by atoms with Gasteiger partial charge < -0.3 is 15.8 Å². The van der Waals surface area contributed by atoms with Gasteiger partial charge in [0, 0.05) is 0 Å². The summed E-state index contributed by atoms with van der Waals surface area (Å²) < 4.78 is 5.03. The van der Waals surface area contributed by atoms with Crippen molar-refractivity contribution in [2.45, 2.75) is 5.25 Å². The molecule has 0 saturated carbocycles. The number of anilines is 2. The number of rotatable bonds is 4. The number of amides is 1. The van der Waals surface area contributed by atoms with Crippen LogP contribution in [0.3, 0.4) is 0 Å². The molecule has 1 aliphatic rings. The molecule has 5 heteroatoms. The van der Waals surface area contributed by atoms with Crippen LogP contribution in [0.25, 0.3) is 0 Å². The maximum Gasteiger partial charge on any atom is 0.234 e. The molecular weight excluding hydrogens is 224 g/mol. The molecule has 0 spiro atoms. The first kappa shape index (κ1) is 11.3.